The minimum atomic E-state index is 0.229. The number of thioether (sulfide) groups is 1. The molecule has 1 unspecified atom stereocenters. The highest BCUT2D eigenvalue weighted by Crippen LogP contribution is 2.37. The summed E-state index contributed by atoms with van der Waals surface area (Å²) in [7, 11) is 0. The molecule has 2 nitrogen and oxygen atoms in total. The van der Waals surface area contributed by atoms with Gasteiger partial charge in [0, 0.05) is 18.7 Å². The summed E-state index contributed by atoms with van der Waals surface area (Å²) in [5.74, 6) is 2.58. The molecular formula is C14H27NOS. The first-order valence-corrected chi connectivity index (χ1v) is 8.41. The quantitative estimate of drug-likeness (QED) is 0.835. The molecule has 1 spiro atoms. The molecule has 2 heterocycles. The molecule has 1 atom stereocenters. The molecule has 3 heteroatoms. The summed E-state index contributed by atoms with van der Waals surface area (Å²) in [5, 5.41) is 3.84. The maximum Gasteiger partial charge on any atom is 0.0713 e. The topological polar surface area (TPSA) is 21.3 Å². The normalized spacial score (nSPS) is 28.8. The summed E-state index contributed by atoms with van der Waals surface area (Å²) < 4.78 is 6.13. The third-order valence-electron chi connectivity index (χ3n) is 4.35. The molecule has 17 heavy (non-hydrogen) atoms. The number of rotatable bonds is 4. The van der Waals surface area contributed by atoms with Crippen molar-refractivity contribution in [3.63, 3.8) is 0 Å². The van der Waals surface area contributed by atoms with E-state index in [1.54, 1.807) is 0 Å². The smallest absolute Gasteiger partial charge is 0.0713 e. The van der Waals surface area contributed by atoms with Crippen LogP contribution in [-0.2, 0) is 4.74 Å². The fourth-order valence-electron chi connectivity index (χ4n) is 3.12. The van der Waals surface area contributed by atoms with E-state index in [2.05, 4.69) is 30.9 Å². The van der Waals surface area contributed by atoms with Crippen molar-refractivity contribution in [2.24, 2.45) is 0 Å². The summed E-state index contributed by atoms with van der Waals surface area (Å²) in [6.07, 6.45) is 7.46. The van der Waals surface area contributed by atoms with Crippen LogP contribution in [0.15, 0.2) is 0 Å². The van der Waals surface area contributed by atoms with Gasteiger partial charge in [0.25, 0.3) is 0 Å². The SMILES string of the molecule is CCC(CC)NC1CCOC2(CCSCC2)C1. The Balaban J connectivity index is 1.87. The van der Waals surface area contributed by atoms with Crippen molar-refractivity contribution in [2.45, 2.75) is 70.1 Å². The van der Waals surface area contributed by atoms with Crippen LogP contribution >= 0.6 is 11.8 Å². The highest BCUT2D eigenvalue weighted by Gasteiger charge is 2.38. The first-order chi connectivity index (χ1) is 8.28. The van der Waals surface area contributed by atoms with Crippen LogP contribution in [0, 0.1) is 0 Å². The van der Waals surface area contributed by atoms with E-state index in [-0.39, 0.29) is 5.60 Å². The maximum absolute atomic E-state index is 6.13. The van der Waals surface area contributed by atoms with E-state index in [1.807, 2.05) is 0 Å². The zero-order valence-electron chi connectivity index (χ0n) is 11.3. The van der Waals surface area contributed by atoms with Crippen LogP contribution in [0.4, 0.5) is 0 Å². The zero-order chi connectivity index (χ0) is 12.1. The lowest BCUT2D eigenvalue weighted by molar-refractivity contribution is -0.0942. The monoisotopic (exact) mass is 257 g/mol. The third kappa shape index (κ3) is 3.62. The van der Waals surface area contributed by atoms with Crippen LogP contribution in [0.2, 0.25) is 0 Å². The molecule has 0 aromatic heterocycles. The Kier molecular flexibility index (Phi) is 5.19. The lowest BCUT2D eigenvalue weighted by Crippen LogP contribution is -2.50. The first kappa shape index (κ1) is 13.7. The molecule has 100 valence electrons. The van der Waals surface area contributed by atoms with E-state index >= 15 is 0 Å². The van der Waals surface area contributed by atoms with Crippen molar-refractivity contribution in [1.29, 1.82) is 0 Å². The molecule has 0 bridgehead atoms. The fraction of sp³-hybridized carbons (Fsp3) is 1.00. The molecule has 2 aliphatic rings. The van der Waals surface area contributed by atoms with Gasteiger partial charge >= 0.3 is 0 Å². The van der Waals surface area contributed by atoms with Gasteiger partial charge in [-0.15, -0.1) is 0 Å². The molecular weight excluding hydrogens is 230 g/mol. The van der Waals surface area contributed by atoms with E-state index in [0.29, 0.717) is 12.1 Å². The average Bonchev–Trinajstić information content (AvgIpc) is 2.37. The molecule has 0 aromatic rings. The van der Waals surface area contributed by atoms with Crippen LogP contribution in [0.3, 0.4) is 0 Å². The van der Waals surface area contributed by atoms with Crippen LogP contribution in [-0.4, -0.2) is 35.8 Å². The second-order valence-electron chi connectivity index (χ2n) is 5.51. The zero-order valence-corrected chi connectivity index (χ0v) is 12.2. The van der Waals surface area contributed by atoms with Crippen molar-refractivity contribution in [3.05, 3.63) is 0 Å². The molecule has 2 aliphatic heterocycles. The molecule has 0 saturated carbocycles. The van der Waals surface area contributed by atoms with Gasteiger partial charge < -0.3 is 10.1 Å². The van der Waals surface area contributed by atoms with E-state index in [4.69, 9.17) is 4.74 Å². The Morgan fingerprint density at radius 1 is 1.29 bits per heavy atom. The van der Waals surface area contributed by atoms with Gasteiger partial charge in [0.1, 0.15) is 0 Å². The predicted octanol–water partition coefficient (Wildman–Crippen LogP) is 3.21. The Bertz CT molecular complexity index is 219. The van der Waals surface area contributed by atoms with Gasteiger partial charge in [-0.1, -0.05) is 13.8 Å². The molecule has 2 fully saturated rings. The predicted molar refractivity (Wildman–Crippen MR) is 75.8 cm³/mol. The molecule has 1 N–H and O–H groups in total. The van der Waals surface area contributed by atoms with Gasteiger partial charge in [-0.05, 0) is 50.0 Å². The summed E-state index contributed by atoms with van der Waals surface area (Å²) in [5.41, 5.74) is 0.229. The fourth-order valence-corrected chi connectivity index (χ4v) is 4.36. The number of nitrogens with one attached hydrogen (secondary N) is 1. The minimum absolute atomic E-state index is 0.229. The standard InChI is InChI=1S/C14H27NOS/c1-3-12(4-2)15-13-5-8-16-14(11-13)6-9-17-10-7-14/h12-13,15H,3-11H2,1-2H3. The van der Waals surface area contributed by atoms with Gasteiger partial charge in [-0.3, -0.25) is 0 Å². The number of hydrogen-bond acceptors (Lipinski definition) is 3. The van der Waals surface area contributed by atoms with Crippen molar-refractivity contribution in [2.75, 3.05) is 18.1 Å². The summed E-state index contributed by atoms with van der Waals surface area (Å²) in [4.78, 5) is 0. The number of ether oxygens (including phenoxy) is 1. The largest absolute Gasteiger partial charge is 0.375 e. The van der Waals surface area contributed by atoms with Crippen molar-refractivity contribution >= 4 is 11.8 Å². The van der Waals surface area contributed by atoms with E-state index in [9.17, 15) is 0 Å². The number of hydrogen-bond donors (Lipinski definition) is 1. The average molecular weight is 257 g/mol. The second-order valence-corrected chi connectivity index (χ2v) is 6.74. The molecule has 0 aliphatic carbocycles. The Morgan fingerprint density at radius 2 is 2.00 bits per heavy atom. The lowest BCUT2D eigenvalue weighted by Gasteiger charge is -2.44. The molecule has 2 rings (SSSR count). The maximum atomic E-state index is 6.13. The van der Waals surface area contributed by atoms with Gasteiger partial charge in [0.2, 0.25) is 0 Å². The van der Waals surface area contributed by atoms with Gasteiger partial charge in [0.05, 0.1) is 5.60 Å². The highest BCUT2D eigenvalue weighted by atomic mass is 32.2. The summed E-state index contributed by atoms with van der Waals surface area (Å²) in [6.45, 7) is 5.53. The Morgan fingerprint density at radius 3 is 2.65 bits per heavy atom. The van der Waals surface area contributed by atoms with Crippen LogP contribution in [0.25, 0.3) is 0 Å². The van der Waals surface area contributed by atoms with Crippen LogP contribution in [0.1, 0.15) is 52.4 Å². The van der Waals surface area contributed by atoms with Crippen LogP contribution in [0.5, 0.6) is 0 Å². The van der Waals surface area contributed by atoms with Gasteiger partial charge in [0.15, 0.2) is 0 Å². The van der Waals surface area contributed by atoms with Gasteiger partial charge in [-0.25, -0.2) is 0 Å². The highest BCUT2D eigenvalue weighted by molar-refractivity contribution is 7.99. The molecule has 0 aromatic carbocycles. The third-order valence-corrected chi connectivity index (χ3v) is 5.34. The Hall–Kier alpha value is 0.270. The lowest BCUT2D eigenvalue weighted by atomic mass is 9.85. The summed E-state index contributed by atoms with van der Waals surface area (Å²) >= 11 is 2.09. The van der Waals surface area contributed by atoms with Crippen molar-refractivity contribution in [3.8, 4) is 0 Å². The minimum Gasteiger partial charge on any atom is -0.375 e. The van der Waals surface area contributed by atoms with E-state index in [1.165, 1.54) is 50.0 Å². The molecule has 2 saturated heterocycles. The Labute approximate surface area is 110 Å². The first-order valence-electron chi connectivity index (χ1n) is 7.26. The molecule has 0 radical (unpaired) electrons. The van der Waals surface area contributed by atoms with Crippen molar-refractivity contribution in [1.82, 2.24) is 5.32 Å². The van der Waals surface area contributed by atoms with Crippen LogP contribution < -0.4 is 5.32 Å². The molecule has 0 amide bonds. The van der Waals surface area contributed by atoms with Crippen molar-refractivity contribution < 1.29 is 4.74 Å². The van der Waals surface area contributed by atoms with Gasteiger partial charge in [-0.2, -0.15) is 11.8 Å². The second kappa shape index (κ2) is 6.44. The van der Waals surface area contributed by atoms with E-state index in [0.717, 1.165) is 6.61 Å². The van der Waals surface area contributed by atoms with E-state index < -0.39 is 0 Å². The summed E-state index contributed by atoms with van der Waals surface area (Å²) in [6, 6.07) is 1.39.